The van der Waals surface area contributed by atoms with Crippen molar-refractivity contribution >= 4 is 17.4 Å². The number of carbonyl (C=O) groups is 1. The summed E-state index contributed by atoms with van der Waals surface area (Å²) in [7, 11) is 0. The Morgan fingerprint density at radius 1 is 0.941 bits per heavy atom. The molecule has 0 heterocycles. The maximum atomic E-state index is 11.8. The lowest BCUT2D eigenvalue weighted by molar-refractivity contribution is 0.105. The van der Waals surface area contributed by atoms with Crippen molar-refractivity contribution in [2.45, 2.75) is 0 Å². The summed E-state index contributed by atoms with van der Waals surface area (Å²) < 4.78 is 0. The van der Waals surface area contributed by atoms with Gasteiger partial charge < -0.3 is 0 Å². The standard InChI is InChI=1S/C15H9ClO/c16-14-9-5-4-8-13(14)15(17)11-10-12-6-2-1-3-7-12/h1-9H. The Morgan fingerprint density at radius 3 is 2.29 bits per heavy atom. The monoisotopic (exact) mass is 240 g/mol. The molecule has 0 radical (unpaired) electrons. The Kier molecular flexibility index (Phi) is 3.59. The topological polar surface area (TPSA) is 17.1 Å². The first-order chi connectivity index (χ1) is 8.27. The normalized spacial score (nSPS) is 9.24. The second-order valence-electron chi connectivity index (χ2n) is 3.42. The summed E-state index contributed by atoms with van der Waals surface area (Å²) in [5.74, 6) is 5.13. The SMILES string of the molecule is O=C(C#Cc1ccccc1)c1ccccc1Cl. The van der Waals surface area contributed by atoms with Gasteiger partial charge in [-0.2, -0.15) is 0 Å². The third-order valence-corrected chi connectivity index (χ3v) is 2.54. The van der Waals surface area contributed by atoms with Gasteiger partial charge in [-0.05, 0) is 30.2 Å². The van der Waals surface area contributed by atoms with Crippen LogP contribution in [-0.4, -0.2) is 5.78 Å². The summed E-state index contributed by atoms with van der Waals surface area (Å²) in [5, 5.41) is 0.430. The van der Waals surface area contributed by atoms with E-state index in [1.165, 1.54) is 0 Å². The van der Waals surface area contributed by atoms with Crippen LogP contribution in [0.3, 0.4) is 0 Å². The zero-order valence-corrected chi connectivity index (χ0v) is 9.74. The molecule has 0 aliphatic rings. The molecule has 0 saturated heterocycles. The Hall–Kier alpha value is -2.04. The largest absolute Gasteiger partial charge is 0.279 e. The number of rotatable bonds is 1. The summed E-state index contributed by atoms with van der Waals surface area (Å²) in [5.41, 5.74) is 1.26. The molecule has 0 unspecified atom stereocenters. The highest BCUT2D eigenvalue weighted by atomic mass is 35.5. The van der Waals surface area contributed by atoms with E-state index >= 15 is 0 Å². The first-order valence-electron chi connectivity index (χ1n) is 5.13. The third kappa shape index (κ3) is 2.96. The molecule has 0 fully saturated rings. The highest BCUT2D eigenvalue weighted by Gasteiger charge is 2.05. The van der Waals surface area contributed by atoms with Crippen molar-refractivity contribution in [3.63, 3.8) is 0 Å². The molecular weight excluding hydrogens is 232 g/mol. The van der Waals surface area contributed by atoms with Gasteiger partial charge in [-0.15, -0.1) is 0 Å². The highest BCUT2D eigenvalue weighted by molar-refractivity contribution is 6.35. The van der Waals surface area contributed by atoms with Gasteiger partial charge in [0.2, 0.25) is 5.78 Å². The van der Waals surface area contributed by atoms with Crippen LogP contribution >= 0.6 is 11.6 Å². The molecule has 2 rings (SSSR count). The number of hydrogen-bond acceptors (Lipinski definition) is 1. The van der Waals surface area contributed by atoms with E-state index < -0.39 is 0 Å². The molecule has 82 valence electrons. The van der Waals surface area contributed by atoms with E-state index in [0.717, 1.165) is 5.56 Å². The van der Waals surface area contributed by atoms with Crippen LogP contribution in [0, 0.1) is 11.8 Å². The van der Waals surface area contributed by atoms with Crippen LogP contribution in [0.1, 0.15) is 15.9 Å². The number of halogens is 1. The first-order valence-corrected chi connectivity index (χ1v) is 5.51. The van der Waals surface area contributed by atoms with E-state index in [9.17, 15) is 4.79 Å². The molecule has 0 aromatic heterocycles. The van der Waals surface area contributed by atoms with Crippen molar-refractivity contribution in [3.05, 3.63) is 70.7 Å². The van der Waals surface area contributed by atoms with E-state index in [4.69, 9.17) is 11.6 Å². The summed E-state index contributed by atoms with van der Waals surface area (Å²) in [6.07, 6.45) is 0. The molecule has 0 bridgehead atoms. The summed E-state index contributed by atoms with van der Waals surface area (Å²) >= 11 is 5.91. The van der Waals surface area contributed by atoms with Gasteiger partial charge in [-0.1, -0.05) is 47.9 Å². The molecule has 17 heavy (non-hydrogen) atoms. The summed E-state index contributed by atoms with van der Waals surface area (Å²) in [6, 6.07) is 16.3. The van der Waals surface area contributed by atoms with E-state index in [2.05, 4.69) is 11.8 Å². The van der Waals surface area contributed by atoms with Crippen LogP contribution in [0.4, 0.5) is 0 Å². The minimum absolute atomic E-state index is 0.264. The van der Waals surface area contributed by atoms with Gasteiger partial charge in [0.1, 0.15) is 0 Å². The quantitative estimate of drug-likeness (QED) is 0.550. The highest BCUT2D eigenvalue weighted by Crippen LogP contribution is 2.14. The van der Waals surface area contributed by atoms with Gasteiger partial charge in [-0.25, -0.2) is 0 Å². The number of hydrogen-bond donors (Lipinski definition) is 0. The summed E-state index contributed by atoms with van der Waals surface area (Å²) in [4.78, 5) is 11.8. The van der Waals surface area contributed by atoms with Crippen molar-refractivity contribution in [1.29, 1.82) is 0 Å². The average Bonchev–Trinajstić information content (AvgIpc) is 2.38. The van der Waals surface area contributed by atoms with Crippen LogP contribution in [0.2, 0.25) is 5.02 Å². The van der Waals surface area contributed by atoms with Gasteiger partial charge in [0, 0.05) is 11.1 Å². The second kappa shape index (κ2) is 5.34. The molecule has 0 amide bonds. The van der Waals surface area contributed by atoms with Gasteiger partial charge in [-0.3, -0.25) is 4.79 Å². The van der Waals surface area contributed by atoms with Crippen molar-refractivity contribution in [3.8, 4) is 11.8 Å². The molecule has 0 saturated carbocycles. The number of benzene rings is 2. The van der Waals surface area contributed by atoms with Crippen molar-refractivity contribution < 1.29 is 4.79 Å². The fourth-order valence-electron chi connectivity index (χ4n) is 1.36. The zero-order chi connectivity index (χ0) is 12.1. The molecule has 2 aromatic carbocycles. The predicted molar refractivity (Wildman–Crippen MR) is 69.1 cm³/mol. The molecular formula is C15H9ClO. The lowest BCUT2D eigenvalue weighted by atomic mass is 10.1. The third-order valence-electron chi connectivity index (χ3n) is 2.21. The Labute approximate surface area is 105 Å². The molecule has 0 aliphatic heterocycles. The van der Waals surface area contributed by atoms with Crippen LogP contribution in [0.25, 0.3) is 0 Å². The lowest BCUT2D eigenvalue weighted by Crippen LogP contribution is -1.95. The Bertz CT molecular complexity index is 591. The fraction of sp³-hybridized carbons (Fsp3) is 0. The molecule has 2 aromatic rings. The van der Waals surface area contributed by atoms with E-state index in [1.54, 1.807) is 24.3 Å². The molecule has 2 heteroatoms. The van der Waals surface area contributed by atoms with Gasteiger partial charge >= 0.3 is 0 Å². The lowest BCUT2D eigenvalue weighted by Gasteiger charge is -1.96. The first kappa shape index (κ1) is 11.4. The van der Waals surface area contributed by atoms with Crippen LogP contribution < -0.4 is 0 Å². The molecule has 1 nitrogen and oxygen atoms in total. The maximum absolute atomic E-state index is 11.8. The Balaban J connectivity index is 2.24. The molecule has 0 atom stereocenters. The molecule has 0 spiro atoms. The second-order valence-corrected chi connectivity index (χ2v) is 3.83. The molecule has 0 N–H and O–H groups in total. The van der Waals surface area contributed by atoms with Gasteiger partial charge in [0.25, 0.3) is 0 Å². The van der Waals surface area contributed by atoms with Gasteiger partial charge in [0.05, 0.1) is 5.02 Å². The number of Topliss-reactive ketones (excluding diaryl/α,β-unsaturated/α-hetero) is 1. The Morgan fingerprint density at radius 2 is 1.59 bits per heavy atom. The summed E-state index contributed by atoms with van der Waals surface area (Å²) in [6.45, 7) is 0. The predicted octanol–water partition coefficient (Wildman–Crippen LogP) is 3.57. The maximum Gasteiger partial charge on any atom is 0.237 e. The zero-order valence-electron chi connectivity index (χ0n) is 8.98. The van der Waals surface area contributed by atoms with Crippen LogP contribution in [0.15, 0.2) is 54.6 Å². The van der Waals surface area contributed by atoms with E-state index in [-0.39, 0.29) is 5.78 Å². The molecule has 0 aliphatic carbocycles. The number of carbonyl (C=O) groups excluding carboxylic acids is 1. The van der Waals surface area contributed by atoms with Crippen LogP contribution in [0.5, 0.6) is 0 Å². The average molecular weight is 241 g/mol. The minimum Gasteiger partial charge on any atom is -0.279 e. The van der Waals surface area contributed by atoms with E-state index in [0.29, 0.717) is 10.6 Å². The smallest absolute Gasteiger partial charge is 0.237 e. The number of ketones is 1. The fourth-order valence-corrected chi connectivity index (χ4v) is 1.58. The minimum atomic E-state index is -0.264. The van der Waals surface area contributed by atoms with Crippen molar-refractivity contribution in [2.24, 2.45) is 0 Å². The van der Waals surface area contributed by atoms with Gasteiger partial charge in [0.15, 0.2) is 0 Å². The van der Waals surface area contributed by atoms with Crippen molar-refractivity contribution in [2.75, 3.05) is 0 Å². The van der Waals surface area contributed by atoms with E-state index in [1.807, 2.05) is 30.3 Å². The van der Waals surface area contributed by atoms with Crippen molar-refractivity contribution in [1.82, 2.24) is 0 Å². The van der Waals surface area contributed by atoms with Crippen LogP contribution in [-0.2, 0) is 0 Å².